The molecule has 1 rings (SSSR count). The number of hydrogen-bond acceptors (Lipinski definition) is 5. The van der Waals surface area contributed by atoms with Gasteiger partial charge in [0.15, 0.2) is 0 Å². The largest absolute Gasteiger partial charge is 0.496 e. The van der Waals surface area contributed by atoms with E-state index in [1.165, 1.54) is 0 Å². The third-order valence-electron chi connectivity index (χ3n) is 3.06. The van der Waals surface area contributed by atoms with Gasteiger partial charge in [-0.15, -0.1) is 12.4 Å². The van der Waals surface area contributed by atoms with E-state index in [-0.39, 0.29) is 24.2 Å². The highest BCUT2D eigenvalue weighted by Gasteiger charge is 2.16. The second kappa shape index (κ2) is 9.31. The molecule has 0 saturated carbocycles. The van der Waals surface area contributed by atoms with E-state index in [1.54, 1.807) is 40.4 Å². The van der Waals surface area contributed by atoms with Crippen molar-refractivity contribution in [3.8, 4) is 17.2 Å². The highest BCUT2D eigenvalue weighted by atomic mass is 35.5. The van der Waals surface area contributed by atoms with Crippen LogP contribution in [0.3, 0.4) is 0 Å². The molecule has 1 unspecified atom stereocenters. The molecular weight excluding hydrogens is 296 g/mol. The summed E-state index contributed by atoms with van der Waals surface area (Å²) in [7, 11) is 4.68. The topological polar surface area (TPSA) is 82.8 Å². The first-order chi connectivity index (χ1) is 9.57. The molecule has 0 radical (unpaired) electrons. The number of benzene rings is 1. The molecule has 0 bridgehead atoms. The van der Waals surface area contributed by atoms with Crippen LogP contribution in [0.15, 0.2) is 12.1 Å². The highest BCUT2D eigenvalue weighted by Crippen LogP contribution is 2.33. The van der Waals surface area contributed by atoms with Gasteiger partial charge in [0.1, 0.15) is 17.2 Å². The summed E-state index contributed by atoms with van der Waals surface area (Å²) in [4.78, 5) is 11.8. The summed E-state index contributed by atoms with van der Waals surface area (Å²) in [6.07, 6.45) is 0. The minimum atomic E-state index is -0.231. The number of amides is 1. The lowest BCUT2D eigenvalue weighted by molar-refractivity contribution is -0.124. The summed E-state index contributed by atoms with van der Waals surface area (Å²) in [5.74, 6) is 1.49. The van der Waals surface area contributed by atoms with Crippen LogP contribution in [0.1, 0.15) is 12.5 Å². The Morgan fingerprint density at radius 3 is 2.10 bits per heavy atom. The predicted molar refractivity (Wildman–Crippen MR) is 83.4 cm³/mol. The van der Waals surface area contributed by atoms with E-state index in [9.17, 15) is 4.79 Å². The molecule has 1 aromatic carbocycles. The second-order valence-electron chi connectivity index (χ2n) is 4.37. The Morgan fingerprint density at radius 1 is 1.19 bits per heavy atom. The summed E-state index contributed by atoms with van der Waals surface area (Å²) in [6.45, 7) is 2.39. The zero-order valence-electron chi connectivity index (χ0n) is 12.8. The predicted octanol–water partition coefficient (Wildman–Crippen LogP) is 1.35. The van der Waals surface area contributed by atoms with Gasteiger partial charge < -0.3 is 25.3 Å². The Bertz CT molecular complexity index is 443. The number of methoxy groups -OCH3 is 3. The zero-order chi connectivity index (χ0) is 15.1. The molecule has 7 heteroatoms. The highest BCUT2D eigenvalue weighted by molar-refractivity contribution is 5.85. The van der Waals surface area contributed by atoms with Gasteiger partial charge in [-0.05, 0) is 0 Å². The fraction of sp³-hybridized carbons (Fsp3) is 0.500. The zero-order valence-corrected chi connectivity index (χ0v) is 13.6. The Morgan fingerprint density at radius 2 is 1.71 bits per heavy atom. The summed E-state index contributed by atoms with van der Waals surface area (Å²) in [5, 5.41) is 2.82. The summed E-state index contributed by atoms with van der Waals surface area (Å²) < 4.78 is 15.8. The minimum absolute atomic E-state index is 0. The van der Waals surface area contributed by atoms with E-state index in [0.29, 0.717) is 30.3 Å². The maximum Gasteiger partial charge on any atom is 0.224 e. The van der Waals surface area contributed by atoms with Crippen molar-refractivity contribution in [2.24, 2.45) is 11.7 Å². The number of ether oxygens (including phenoxy) is 3. The number of halogens is 1. The number of carbonyl (C=O) groups excluding carboxylic acids is 1. The van der Waals surface area contributed by atoms with E-state index in [4.69, 9.17) is 19.9 Å². The summed E-state index contributed by atoms with van der Waals surface area (Å²) in [6, 6.07) is 3.49. The molecule has 0 spiro atoms. The van der Waals surface area contributed by atoms with Gasteiger partial charge in [0.05, 0.1) is 33.4 Å². The third kappa shape index (κ3) is 4.99. The Balaban J connectivity index is 0.00000400. The van der Waals surface area contributed by atoms with Crippen molar-refractivity contribution >= 4 is 18.3 Å². The van der Waals surface area contributed by atoms with Crippen LogP contribution in [0.5, 0.6) is 17.2 Å². The molecule has 0 aliphatic carbocycles. The molecule has 0 aliphatic rings. The quantitative estimate of drug-likeness (QED) is 0.793. The van der Waals surface area contributed by atoms with Crippen LogP contribution in [-0.2, 0) is 11.3 Å². The molecule has 0 saturated heterocycles. The van der Waals surface area contributed by atoms with Gasteiger partial charge in [0, 0.05) is 24.6 Å². The molecular formula is C14H23ClN2O4. The first kappa shape index (κ1) is 19.3. The van der Waals surface area contributed by atoms with Crippen molar-refractivity contribution in [2.45, 2.75) is 13.5 Å². The third-order valence-corrected chi connectivity index (χ3v) is 3.06. The fourth-order valence-corrected chi connectivity index (χ4v) is 1.71. The van der Waals surface area contributed by atoms with E-state index >= 15 is 0 Å². The van der Waals surface area contributed by atoms with Gasteiger partial charge in [0.2, 0.25) is 5.91 Å². The second-order valence-corrected chi connectivity index (χ2v) is 4.37. The number of rotatable bonds is 7. The first-order valence-corrected chi connectivity index (χ1v) is 6.34. The number of nitrogens with two attached hydrogens (primary N) is 1. The summed E-state index contributed by atoms with van der Waals surface area (Å²) in [5.41, 5.74) is 6.22. The van der Waals surface area contributed by atoms with Gasteiger partial charge in [-0.3, -0.25) is 4.79 Å². The summed E-state index contributed by atoms with van der Waals surface area (Å²) >= 11 is 0. The Hall–Kier alpha value is -1.66. The van der Waals surface area contributed by atoms with Crippen LogP contribution < -0.4 is 25.3 Å². The number of nitrogens with one attached hydrogen (secondary N) is 1. The van der Waals surface area contributed by atoms with Gasteiger partial charge in [0.25, 0.3) is 0 Å². The average Bonchev–Trinajstić information content (AvgIpc) is 2.50. The number of carbonyl (C=O) groups is 1. The molecule has 0 aromatic heterocycles. The van der Waals surface area contributed by atoms with Crippen molar-refractivity contribution < 1.29 is 19.0 Å². The Kier molecular flexibility index (Phi) is 8.57. The van der Waals surface area contributed by atoms with Crippen molar-refractivity contribution in [3.05, 3.63) is 17.7 Å². The van der Waals surface area contributed by atoms with Gasteiger partial charge in [-0.25, -0.2) is 0 Å². The number of hydrogen-bond donors (Lipinski definition) is 2. The molecule has 6 nitrogen and oxygen atoms in total. The molecule has 0 fully saturated rings. The van der Waals surface area contributed by atoms with Crippen molar-refractivity contribution in [1.29, 1.82) is 0 Å². The van der Waals surface area contributed by atoms with Crippen LogP contribution in [0.25, 0.3) is 0 Å². The molecule has 120 valence electrons. The lowest BCUT2D eigenvalue weighted by atomic mass is 10.1. The lowest BCUT2D eigenvalue weighted by Gasteiger charge is -2.16. The monoisotopic (exact) mass is 318 g/mol. The molecule has 1 atom stereocenters. The van der Waals surface area contributed by atoms with Crippen LogP contribution in [0.2, 0.25) is 0 Å². The molecule has 1 aromatic rings. The standard InChI is InChI=1S/C14H22N2O4.ClH/c1-9(7-15)14(17)16-8-11-12(19-3)5-10(18-2)6-13(11)20-4;/h5-6,9H,7-8,15H2,1-4H3,(H,16,17);1H. The van der Waals surface area contributed by atoms with E-state index in [1.807, 2.05) is 0 Å². The smallest absolute Gasteiger partial charge is 0.224 e. The van der Waals surface area contributed by atoms with Crippen molar-refractivity contribution in [2.75, 3.05) is 27.9 Å². The van der Waals surface area contributed by atoms with E-state index in [2.05, 4.69) is 5.32 Å². The van der Waals surface area contributed by atoms with E-state index in [0.717, 1.165) is 5.56 Å². The van der Waals surface area contributed by atoms with Crippen LogP contribution in [0.4, 0.5) is 0 Å². The lowest BCUT2D eigenvalue weighted by Crippen LogP contribution is -2.33. The van der Waals surface area contributed by atoms with Crippen molar-refractivity contribution in [3.63, 3.8) is 0 Å². The maximum absolute atomic E-state index is 11.8. The van der Waals surface area contributed by atoms with Gasteiger partial charge >= 0.3 is 0 Å². The van der Waals surface area contributed by atoms with Crippen LogP contribution in [-0.4, -0.2) is 33.8 Å². The van der Waals surface area contributed by atoms with Gasteiger partial charge in [-0.1, -0.05) is 6.92 Å². The fourth-order valence-electron chi connectivity index (χ4n) is 1.71. The Labute approximate surface area is 131 Å². The van der Waals surface area contributed by atoms with Crippen LogP contribution in [0, 0.1) is 5.92 Å². The minimum Gasteiger partial charge on any atom is -0.496 e. The van der Waals surface area contributed by atoms with E-state index < -0.39 is 0 Å². The van der Waals surface area contributed by atoms with Crippen molar-refractivity contribution in [1.82, 2.24) is 5.32 Å². The molecule has 0 heterocycles. The average molecular weight is 319 g/mol. The normalized spacial score (nSPS) is 11.1. The molecule has 1 amide bonds. The maximum atomic E-state index is 11.8. The SMILES string of the molecule is COc1cc(OC)c(CNC(=O)C(C)CN)c(OC)c1.Cl. The molecule has 21 heavy (non-hydrogen) atoms. The molecule has 0 aliphatic heterocycles. The first-order valence-electron chi connectivity index (χ1n) is 6.34. The molecule has 3 N–H and O–H groups in total. The van der Waals surface area contributed by atoms with Gasteiger partial charge in [-0.2, -0.15) is 0 Å². The van der Waals surface area contributed by atoms with Crippen LogP contribution >= 0.6 is 12.4 Å².